The quantitative estimate of drug-likeness (QED) is 0.0164. The van der Waals surface area contributed by atoms with Crippen LogP contribution in [0, 0.1) is 23.7 Å². The summed E-state index contributed by atoms with van der Waals surface area (Å²) in [5, 5.41) is 62.2. The average Bonchev–Trinajstić information content (AvgIpc) is 1.79. The number of nitrogens with zero attached hydrogens (tertiary/aromatic N) is 4. The highest BCUT2D eigenvalue weighted by atomic mass is 16.4. The smallest absolute Gasteiger partial charge is 0.326 e. The molecule has 41 nitrogen and oxygen atoms in total. The highest BCUT2D eigenvalue weighted by Gasteiger charge is 2.42. The third kappa shape index (κ3) is 37.5. The summed E-state index contributed by atoms with van der Waals surface area (Å²) in [6, 6.07) is -8.82. The Labute approximate surface area is 672 Å². The van der Waals surface area contributed by atoms with Crippen molar-refractivity contribution in [1.29, 1.82) is 0 Å². The maximum Gasteiger partial charge on any atom is 0.326 e. The number of aliphatic imine (C=N–C) groups is 3. The van der Waals surface area contributed by atoms with Crippen LogP contribution in [0.5, 0.6) is 0 Å². The molecule has 31 N–H and O–H groups in total. The number of unbranched alkanes of at least 4 members (excludes halogenated alkanes) is 1. The Bertz CT molecular complexity index is 3440. The monoisotopic (exact) mass is 1630 g/mol. The van der Waals surface area contributed by atoms with E-state index in [4.69, 9.17) is 45.9 Å². The van der Waals surface area contributed by atoms with Gasteiger partial charge in [0.05, 0.1) is 24.8 Å². The molecule has 1 aliphatic heterocycles. The number of hydrogen-bond acceptors (Lipinski definition) is 21. The average molecular weight is 1630 g/mol. The Morgan fingerprint density at radius 3 is 1.37 bits per heavy atom. The van der Waals surface area contributed by atoms with Crippen LogP contribution in [0.2, 0.25) is 0 Å². The zero-order valence-corrected chi connectivity index (χ0v) is 68.2. The molecule has 0 unspecified atom stereocenters. The number of guanidine groups is 3. The Morgan fingerprint density at radius 1 is 0.478 bits per heavy atom. The molecule has 1 fully saturated rings. The van der Waals surface area contributed by atoms with Crippen molar-refractivity contribution in [2.24, 2.45) is 84.5 Å². The fraction of sp³-hybridized carbons (Fsp3) is 0.689. The Morgan fingerprint density at radius 2 is 0.896 bits per heavy atom. The van der Waals surface area contributed by atoms with Gasteiger partial charge in [-0.3, -0.25) is 77.3 Å². The summed E-state index contributed by atoms with van der Waals surface area (Å²) >= 11 is 0. The third-order valence-corrected chi connectivity index (χ3v) is 18.8. The molecule has 1 aromatic carbocycles. The number of carbonyl (C=O) groups is 14. The lowest BCUT2D eigenvalue weighted by Gasteiger charge is -2.31. The second kappa shape index (κ2) is 52.0. The summed E-state index contributed by atoms with van der Waals surface area (Å²) in [4.78, 5) is 208. The van der Waals surface area contributed by atoms with Crippen molar-refractivity contribution in [2.75, 3.05) is 39.3 Å². The largest absolute Gasteiger partial charge is 0.480 e. The Balaban J connectivity index is 2.37. The van der Waals surface area contributed by atoms with Gasteiger partial charge in [-0.2, -0.15) is 0 Å². The van der Waals surface area contributed by atoms with Gasteiger partial charge in [-0.05, 0) is 146 Å². The van der Waals surface area contributed by atoms with Crippen LogP contribution in [-0.4, -0.2) is 251 Å². The van der Waals surface area contributed by atoms with Crippen LogP contribution >= 0.6 is 0 Å². The van der Waals surface area contributed by atoms with Crippen LogP contribution in [-0.2, 0) is 73.5 Å². The minimum Gasteiger partial charge on any atom is -0.480 e. The predicted octanol–water partition coefficient (Wildman–Crippen LogP) is -6.05. The Kier molecular flexibility index (Phi) is 45.5. The number of likely N-dealkylation sites (tertiary alicyclic amines) is 1. The molecular weight excluding hydrogens is 1500 g/mol. The number of nitrogens with two attached hydrogens (primary N) is 8. The first-order valence-corrected chi connectivity index (χ1v) is 39.2. The first-order valence-electron chi connectivity index (χ1n) is 39.2. The van der Waals surface area contributed by atoms with E-state index in [-0.39, 0.29) is 139 Å². The molecule has 0 bridgehead atoms. The molecule has 2 rings (SSSR count). The van der Waals surface area contributed by atoms with Crippen LogP contribution < -0.4 is 110 Å². The number of aliphatic hydroxyl groups is 2. The lowest BCUT2D eigenvalue weighted by molar-refractivity contribution is -0.143. The van der Waals surface area contributed by atoms with E-state index in [0.29, 0.717) is 19.3 Å². The highest BCUT2D eigenvalue weighted by Crippen LogP contribution is 2.22. The van der Waals surface area contributed by atoms with E-state index in [1.807, 2.05) is 18.2 Å². The summed E-state index contributed by atoms with van der Waals surface area (Å²) in [7, 11) is 0. The van der Waals surface area contributed by atoms with Crippen molar-refractivity contribution in [3.05, 3.63) is 35.9 Å². The van der Waals surface area contributed by atoms with Gasteiger partial charge in [0.2, 0.25) is 76.8 Å². The second-order valence-corrected chi connectivity index (χ2v) is 30.1. The van der Waals surface area contributed by atoms with Gasteiger partial charge in [0.15, 0.2) is 17.9 Å². The number of nitrogens with one attached hydrogen (secondary N) is 12. The van der Waals surface area contributed by atoms with Gasteiger partial charge >= 0.3 is 5.97 Å². The van der Waals surface area contributed by atoms with E-state index in [2.05, 4.69) is 78.8 Å². The van der Waals surface area contributed by atoms with Gasteiger partial charge in [-0.25, -0.2) is 4.79 Å². The fourth-order valence-corrected chi connectivity index (χ4v) is 12.2. The molecule has 1 aromatic rings. The molecule has 13 amide bonds. The molecule has 16 atom stereocenters. The van der Waals surface area contributed by atoms with E-state index in [1.54, 1.807) is 67.5 Å². The van der Waals surface area contributed by atoms with E-state index < -0.39 is 192 Å². The summed E-state index contributed by atoms with van der Waals surface area (Å²) in [5.41, 5.74) is 45.9. The number of amides is 13. The molecule has 41 heteroatoms. The van der Waals surface area contributed by atoms with E-state index in [9.17, 15) is 82.4 Å². The highest BCUT2D eigenvalue weighted by molar-refractivity contribution is 6.00. The van der Waals surface area contributed by atoms with Crippen LogP contribution in [0.1, 0.15) is 172 Å². The summed E-state index contributed by atoms with van der Waals surface area (Å²) in [6.07, 6.45) is -1.43. The van der Waals surface area contributed by atoms with Crippen molar-refractivity contribution < 1.29 is 82.4 Å². The summed E-state index contributed by atoms with van der Waals surface area (Å²) < 4.78 is 0. The van der Waals surface area contributed by atoms with Crippen molar-refractivity contribution in [1.82, 2.24) is 68.7 Å². The minimum absolute atomic E-state index is 0.0164. The number of carboxylic acids is 1. The number of benzene rings is 1. The van der Waals surface area contributed by atoms with Crippen LogP contribution in [0.25, 0.3) is 0 Å². The lowest BCUT2D eigenvalue weighted by atomic mass is 9.95. The maximum absolute atomic E-state index is 14.6. The van der Waals surface area contributed by atoms with Crippen molar-refractivity contribution in [3.63, 3.8) is 0 Å². The van der Waals surface area contributed by atoms with Crippen LogP contribution in [0.3, 0.4) is 0 Å². The van der Waals surface area contributed by atoms with Gasteiger partial charge in [-0.15, -0.1) is 0 Å². The number of carboxylic acid groups (broad SMARTS) is 1. The van der Waals surface area contributed by atoms with E-state index in [1.165, 1.54) is 11.8 Å². The maximum atomic E-state index is 14.6. The molecule has 0 radical (unpaired) electrons. The topological polar surface area (TPSA) is 693 Å². The SMILES string of the molecule is CC[C@H](C)[C@H](NC(=O)[C@H](CC(C)C)NC(=O)[C@H](C)NC(=O)[C@@H]1CCCN1C(=O)[C@H](CCCN=C(N)N)NC(=O)[C@@H](N)Cc1ccccc1)C(=O)N[C@H](C(=O)N[C@@H](CCCN=C(N)N)C(=O)N[C@H](C(=O)N[C@@H](CCCCN)C(=O)NCC(=O)N[C@H](C(=O)N[C@@H](CCCN=C(N)N)C(=O)N[C@@H](CC(C)C)C(=O)O)[C@@H](C)O)[C@@H](C)O)C(C)C. The molecule has 1 aliphatic rings. The molecule has 648 valence electrons. The first kappa shape index (κ1) is 101. The summed E-state index contributed by atoms with van der Waals surface area (Å²) in [5.74, 6) is -15.0. The molecule has 0 saturated carbocycles. The summed E-state index contributed by atoms with van der Waals surface area (Å²) in [6.45, 7) is 16.9. The van der Waals surface area contributed by atoms with Crippen LogP contribution in [0.4, 0.5) is 0 Å². The number of carbonyl (C=O) groups excluding carboxylic acids is 13. The van der Waals surface area contributed by atoms with Crippen molar-refractivity contribution in [3.8, 4) is 0 Å². The number of aliphatic hydroxyl groups excluding tert-OH is 2. The Hall–Kier alpha value is -10.5. The molecule has 1 saturated heterocycles. The molecular formula is C74H130N24O17. The fourth-order valence-electron chi connectivity index (χ4n) is 12.2. The van der Waals surface area contributed by atoms with Gasteiger partial charge in [0, 0.05) is 26.2 Å². The van der Waals surface area contributed by atoms with Crippen LogP contribution in [0.15, 0.2) is 45.3 Å². The third-order valence-electron chi connectivity index (χ3n) is 18.8. The number of aliphatic carboxylic acids is 1. The first-order chi connectivity index (χ1) is 54.0. The lowest BCUT2D eigenvalue weighted by Crippen LogP contribution is -2.62. The number of hydrogen-bond donors (Lipinski definition) is 23. The van der Waals surface area contributed by atoms with Gasteiger partial charge in [0.1, 0.15) is 72.5 Å². The zero-order valence-electron chi connectivity index (χ0n) is 68.2. The van der Waals surface area contributed by atoms with E-state index >= 15 is 0 Å². The van der Waals surface area contributed by atoms with Crippen molar-refractivity contribution >= 4 is 101 Å². The molecule has 0 aliphatic carbocycles. The van der Waals surface area contributed by atoms with Gasteiger partial charge in [-0.1, -0.05) is 92.1 Å². The second-order valence-electron chi connectivity index (χ2n) is 30.1. The van der Waals surface area contributed by atoms with Crippen molar-refractivity contribution in [2.45, 2.75) is 263 Å². The zero-order chi connectivity index (χ0) is 86.9. The standard InChI is InChI=1S/C74H130N24O17/c1-12-41(8)56(96-64(107)51(34-38(2)3)92-59(102)42(9)87-65(108)53-28-21-33-98(53)70(113)50(27-20-32-85-74(81)82)91-60(103)46(76)36-45-22-14-13-15-23-45)67(110)95-55(40(6)7)66(109)89-49(26-19-31-84-73(79)80)63(106)97-58(44(11)100)69(112)88-47(24-16-17-29-75)61(104)86-37-54(101)94-57(43(10)99)68(111)90-48(25-18-30-83-72(77)78)62(105)93-52(71(114)115)35-39(4)5/h13-15,22-23,38-44,46-53,55-58,99-100H,12,16-21,24-37,75-76H2,1-11H3,(H,86,104)(H,87,108)(H,88,112)(H,89,109)(H,90,111)(H,91,103)(H,92,102)(H,93,105)(H,94,101)(H,95,110)(H,96,107)(H,97,106)(H,114,115)(H4,77,78,83)(H4,79,80,84)(H4,81,82,85)/t41-,42-,43+,44+,46-,47-,48-,49-,50-,51-,52-,53-,55-,56-,57-,58-/m0/s1. The van der Waals surface area contributed by atoms with E-state index in [0.717, 1.165) is 19.4 Å². The van der Waals surface area contributed by atoms with Gasteiger partial charge < -0.3 is 130 Å². The normalized spacial score (nSPS) is 16.5. The minimum atomic E-state index is -1.84. The molecule has 115 heavy (non-hydrogen) atoms. The van der Waals surface area contributed by atoms with Gasteiger partial charge in [0.25, 0.3) is 0 Å². The molecule has 0 aromatic heterocycles. The predicted molar refractivity (Wildman–Crippen MR) is 430 cm³/mol. The molecule has 1 heterocycles. The molecule has 0 spiro atoms. The number of rotatable bonds is 53.